The smallest absolute Gasteiger partial charge is 0.324 e. The first-order chi connectivity index (χ1) is 16.7. The van der Waals surface area contributed by atoms with Crippen LogP contribution in [0.4, 0.5) is 18.9 Å². The Morgan fingerprint density at radius 1 is 1.14 bits per heavy atom. The lowest BCUT2D eigenvalue weighted by atomic mass is 10.1. The molecule has 4 heterocycles. The number of hydrogen-bond acceptors (Lipinski definition) is 5. The predicted molar refractivity (Wildman–Crippen MR) is 126 cm³/mol. The molecule has 0 bridgehead atoms. The van der Waals surface area contributed by atoms with Gasteiger partial charge in [-0.05, 0) is 69.3 Å². The molecule has 180 valence electrons. The quantitative estimate of drug-likeness (QED) is 0.453. The summed E-state index contributed by atoms with van der Waals surface area (Å²) in [6.07, 6.45) is -0.00658. The number of likely N-dealkylation sites (N-methyl/N-ethyl adjacent to an activating group) is 1. The molecule has 1 fully saturated rings. The molecule has 1 aliphatic heterocycles. The van der Waals surface area contributed by atoms with Crippen molar-refractivity contribution in [3.05, 3.63) is 66.1 Å². The molecule has 1 aromatic carbocycles. The zero-order valence-corrected chi connectivity index (χ0v) is 19.2. The van der Waals surface area contributed by atoms with E-state index in [1.807, 2.05) is 37.1 Å². The van der Waals surface area contributed by atoms with Crippen molar-refractivity contribution in [1.29, 1.82) is 0 Å². The monoisotopic (exact) mass is 480 g/mol. The van der Waals surface area contributed by atoms with Crippen molar-refractivity contribution in [2.45, 2.75) is 32.0 Å². The lowest BCUT2D eigenvalue weighted by molar-refractivity contribution is -0.140. The van der Waals surface area contributed by atoms with Crippen LogP contribution in [0, 0.1) is 6.92 Å². The zero-order chi connectivity index (χ0) is 24.7. The maximum absolute atomic E-state index is 13.4. The Hall–Kier alpha value is -3.79. The van der Waals surface area contributed by atoms with Crippen molar-refractivity contribution in [2.75, 3.05) is 18.9 Å². The number of nitrogens with zero attached hydrogens (tertiary/aromatic N) is 5. The SMILES string of the molecule is Cc1ccc(-c2cn3nc(-c4cccnc4C(F)(F)F)ccc3n2)cc1NC(=O)C1CCCN1C. The first-order valence-electron chi connectivity index (χ1n) is 11.2. The van der Waals surface area contributed by atoms with Gasteiger partial charge in [0.15, 0.2) is 11.3 Å². The van der Waals surface area contributed by atoms with Crippen LogP contribution in [-0.2, 0) is 11.0 Å². The van der Waals surface area contributed by atoms with Gasteiger partial charge in [-0.3, -0.25) is 14.7 Å². The lowest BCUT2D eigenvalue weighted by Gasteiger charge is -2.19. The van der Waals surface area contributed by atoms with E-state index >= 15 is 0 Å². The van der Waals surface area contributed by atoms with E-state index in [9.17, 15) is 18.0 Å². The van der Waals surface area contributed by atoms with E-state index in [2.05, 4.69) is 20.4 Å². The Morgan fingerprint density at radius 3 is 2.71 bits per heavy atom. The molecule has 5 rings (SSSR count). The predicted octanol–water partition coefficient (Wildman–Crippen LogP) is 4.82. The molecular weight excluding hydrogens is 457 g/mol. The molecule has 3 aromatic heterocycles. The van der Waals surface area contributed by atoms with Gasteiger partial charge in [0.1, 0.15) is 0 Å². The Kier molecular flexibility index (Phi) is 5.76. The number of nitrogens with one attached hydrogen (secondary N) is 1. The number of anilines is 1. The number of rotatable bonds is 4. The van der Waals surface area contributed by atoms with Gasteiger partial charge in [0.05, 0.1) is 23.6 Å². The van der Waals surface area contributed by atoms with Crippen molar-refractivity contribution in [1.82, 2.24) is 24.5 Å². The Bertz CT molecular complexity index is 1410. The van der Waals surface area contributed by atoms with Crippen LogP contribution < -0.4 is 5.32 Å². The molecule has 1 amide bonds. The fourth-order valence-corrected chi connectivity index (χ4v) is 4.38. The maximum atomic E-state index is 13.4. The number of alkyl halides is 3. The van der Waals surface area contributed by atoms with Crippen LogP contribution in [0.25, 0.3) is 28.2 Å². The molecule has 7 nitrogen and oxygen atoms in total. The van der Waals surface area contributed by atoms with Crippen molar-refractivity contribution in [3.63, 3.8) is 0 Å². The van der Waals surface area contributed by atoms with Gasteiger partial charge >= 0.3 is 6.18 Å². The second kappa shape index (κ2) is 8.77. The minimum atomic E-state index is -4.59. The minimum Gasteiger partial charge on any atom is -0.324 e. The fourth-order valence-electron chi connectivity index (χ4n) is 4.38. The molecule has 0 saturated carbocycles. The first kappa shape index (κ1) is 23.0. The molecule has 1 unspecified atom stereocenters. The zero-order valence-electron chi connectivity index (χ0n) is 19.2. The van der Waals surface area contributed by atoms with Gasteiger partial charge in [-0.25, -0.2) is 9.50 Å². The normalized spacial score (nSPS) is 16.7. The molecular formula is C25H23F3N6O. The van der Waals surface area contributed by atoms with E-state index in [0.717, 1.165) is 36.7 Å². The van der Waals surface area contributed by atoms with Gasteiger partial charge in [-0.15, -0.1) is 0 Å². The summed E-state index contributed by atoms with van der Waals surface area (Å²) in [6, 6.07) is 11.4. The van der Waals surface area contributed by atoms with Gasteiger partial charge in [-0.1, -0.05) is 12.1 Å². The highest BCUT2D eigenvalue weighted by molar-refractivity contribution is 5.96. The highest BCUT2D eigenvalue weighted by Crippen LogP contribution is 2.35. The van der Waals surface area contributed by atoms with E-state index in [-0.39, 0.29) is 23.2 Å². The number of carbonyl (C=O) groups is 1. The van der Waals surface area contributed by atoms with Gasteiger partial charge in [0.25, 0.3) is 0 Å². The highest BCUT2D eigenvalue weighted by atomic mass is 19.4. The summed E-state index contributed by atoms with van der Waals surface area (Å²) in [5.74, 6) is -0.0384. The Morgan fingerprint density at radius 2 is 1.97 bits per heavy atom. The molecule has 1 atom stereocenters. The molecule has 1 N–H and O–H groups in total. The second-order valence-electron chi connectivity index (χ2n) is 8.70. The van der Waals surface area contributed by atoms with Gasteiger partial charge in [0.2, 0.25) is 5.91 Å². The Balaban J connectivity index is 1.47. The van der Waals surface area contributed by atoms with Crippen LogP contribution in [0.15, 0.2) is 54.9 Å². The summed E-state index contributed by atoms with van der Waals surface area (Å²) >= 11 is 0. The third-order valence-corrected chi connectivity index (χ3v) is 6.29. The number of benzene rings is 1. The minimum absolute atomic E-state index is 0.0384. The molecule has 1 saturated heterocycles. The third-order valence-electron chi connectivity index (χ3n) is 6.29. The number of amides is 1. The van der Waals surface area contributed by atoms with Crippen molar-refractivity contribution in [2.24, 2.45) is 0 Å². The number of halogens is 3. The number of aromatic nitrogens is 4. The topological polar surface area (TPSA) is 75.4 Å². The summed E-state index contributed by atoms with van der Waals surface area (Å²) in [6.45, 7) is 2.82. The van der Waals surface area contributed by atoms with E-state index in [1.54, 1.807) is 12.3 Å². The number of aryl methyl sites for hydroxylation is 1. The fraction of sp³-hybridized carbons (Fsp3) is 0.280. The number of pyridine rings is 1. The standard InChI is InChI=1S/C25H23F3N6O/c1-15-7-8-16(13-19(15)31-24(35)21-6-4-12-33(21)2)20-14-34-22(30-20)10-9-18(32-34)17-5-3-11-29-23(17)25(26,27)28/h3,5,7-11,13-14,21H,4,6,12H2,1-2H3,(H,31,35). The number of likely N-dealkylation sites (tertiary alicyclic amines) is 1. The van der Waals surface area contributed by atoms with Crippen LogP contribution in [0.5, 0.6) is 0 Å². The van der Waals surface area contributed by atoms with Crippen molar-refractivity contribution >= 4 is 17.2 Å². The van der Waals surface area contributed by atoms with Gasteiger partial charge in [-0.2, -0.15) is 18.3 Å². The van der Waals surface area contributed by atoms with Crippen LogP contribution in [0.2, 0.25) is 0 Å². The summed E-state index contributed by atoms with van der Waals surface area (Å²) < 4.78 is 41.7. The van der Waals surface area contributed by atoms with Crippen LogP contribution in [-0.4, -0.2) is 50.0 Å². The average molecular weight is 480 g/mol. The van der Waals surface area contributed by atoms with Crippen LogP contribution in [0.3, 0.4) is 0 Å². The average Bonchev–Trinajstić information content (AvgIpc) is 3.45. The number of imidazole rings is 1. The van der Waals surface area contributed by atoms with Crippen molar-refractivity contribution in [3.8, 4) is 22.5 Å². The molecule has 0 spiro atoms. The summed E-state index contributed by atoms with van der Waals surface area (Å²) in [4.78, 5) is 22.9. The molecule has 0 radical (unpaired) electrons. The number of hydrogen-bond donors (Lipinski definition) is 1. The lowest BCUT2D eigenvalue weighted by Crippen LogP contribution is -2.37. The van der Waals surface area contributed by atoms with E-state index < -0.39 is 11.9 Å². The summed E-state index contributed by atoms with van der Waals surface area (Å²) in [5, 5.41) is 7.39. The van der Waals surface area contributed by atoms with Gasteiger partial charge in [0, 0.05) is 23.0 Å². The van der Waals surface area contributed by atoms with E-state index in [4.69, 9.17) is 0 Å². The third kappa shape index (κ3) is 4.49. The molecule has 10 heteroatoms. The van der Waals surface area contributed by atoms with E-state index in [1.165, 1.54) is 22.7 Å². The molecule has 4 aromatic rings. The molecule has 35 heavy (non-hydrogen) atoms. The van der Waals surface area contributed by atoms with Gasteiger partial charge < -0.3 is 5.32 Å². The van der Waals surface area contributed by atoms with E-state index in [0.29, 0.717) is 17.0 Å². The molecule has 0 aliphatic carbocycles. The summed E-state index contributed by atoms with van der Waals surface area (Å²) in [7, 11) is 1.95. The summed E-state index contributed by atoms with van der Waals surface area (Å²) in [5.41, 5.74) is 2.50. The highest BCUT2D eigenvalue weighted by Gasteiger charge is 2.36. The van der Waals surface area contributed by atoms with Crippen LogP contribution in [0.1, 0.15) is 24.1 Å². The first-order valence-corrected chi connectivity index (χ1v) is 11.2. The van der Waals surface area contributed by atoms with Crippen LogP contribution >= 0.6 is 0 Å². The maximum Gasteiger partial charge on any atom is 0.434 e. The molecule has 1 aliphatic rings. The number of fused-ring (bicyclic) bond motifs is 1. The Labute approximate surface area is 199 Å². The second-order valence-corrected chi connectivity index (χ2v) is 8.70. The number of carbonyl (C=O) groups excluding carboxylic acids is 1. The largest absolute Gasteiger partial charge is 0.434 e. The van der Waals surface area contributed by atoms with Crippen molar-refractivity contribution < 1.29 is 18.0 Å².